The van der Waals surface area contributed by atoms with Crippen molar-refractivity contribution in [3.05, 3.63) is 45.4 Å². The molecular weight excluding hydrogens is 427 g/mol. The van der Waals surface area contributed by atoms with Crippen molar-refractivity contribution in [2.45, 2.75) is 25.9 Å². The Morgan fingerprint density at radius 3 is 2.56 bits per heavy atom. The molecule has 0 saturated carbocycles. The first-order valence-corrected chi connectivity index (χ1v) is 10.2. The molecule has 0 atom stereocenters. The van der Waals surface area contributed by atoms with E-state index in [0.717, 1.165) is 12.1 Å². The molecule has 11 heteroatoms. The number of benzene rings is 1. The number of aromatic amines is 1. The highest BCUT2D eigenvalue weighted by molar-refractivity contribution is 5.94. The Morgan fingerprint density at radius 1 is 1.28 bits per heavy atom. The number of halogens is 3. The SMILES string of the molecule is Cc1nc(N2CCOCC2)[nH]c(=O)c1CCC(=O)Nc1cc(C(F)(F)F)ccc1N(C)C. The summed E-state index contributed by atoms with van der Waals surface area (Å²) in [5.41, 5.74) is 0.191. The molecule has 3 rings (SSSR count). The summed E-state index contributed by atoms with van der Waals surface area (Å²) in [6, 6.07) is 3.18. The first kappa shape index (κ1) is 23.6. The van der Waals surface area contributed by atoms with Gasteiger partial charge < -0.3 is 19.9 Å². The normalized spacial score (nSPS) is 14.4. The Morgan fingerprint density at radius 2 is 1.97 bits per heavy atom. The fraction of sp³-hybridized carbons (Fsp3) is 0.476. The van der Waals surface area contributed by atoms with Crippen molar-refractivity contribution >= 4 is 23.2 Å². The highest BCUT2D eigenvalue weighted by Gasteiger charge is 2.31. The topological polar surface area (TPSA) is 90.6 Å². The number of hydrogen-bond acceptors (Lipinski definition) is 6. The number of anilines is 3. The number of morpholine rings is 1. The Bertz CT molecular complexity index is 1030. The van der Waals surface area contributed by atoms with E-state index in [9.17, 15) is 22.8 Å². The molecule has 0 spiro atoms. The Labute approximate surface area is 183 Å². The van der Waals surface area contributed by atoms with Gasteiger partial charge in [-0.05, 0) is 31.5 Å². The Hall–Kier alpha value is -3.08. The van der Waals surface area contributed by atoms with Crippen LogP contribution >= 0.6 is 0 Å². The number of aryl methyl sites for hydroxylation is 1. The lowest BCUT2D eigenvalue weighted by atomic mass is 10.1. The Kier molecular flexibility index (Phi) is 7.07. The largest absolute Gasteiger partial charge is 0.416 e. The van der Waals surface area contributed by atoms with Crippen molar-refractivity contribution in [2.75, 3.05) is 55.5 Å². The lowest BCUT2D eigenvalue weighted by molar-refractivity contribution is -0.137. The number of aromatic nitrogens is 2. The lowest BCUT2D eigenvalue weighted by Gasteiger charge is -2.27. The van der Waals surface area contributed by atoms with Crippen LogP contribution in [-0.2, 0) is 22.1 Å². The summed E-state index contributed by atoms with van der Waals surface area (Å²) in [7, 11) is 3.34. The molecule has 2 heterocycles. The highest BCUT2D eigenvalue weighted by atomic mass is 19.4. The van der Waals surface area contributed by atoms with E-state index in [1.54, 1.807) is 25.9 Å². The third kappa shape index (κ3) is 5.58. The van der Waals surface area contributed by atoms with Crippen molar-refractivity contribution in [2.24, 2.45) is 0 Å². The maximum absolute atomic E-state index is 13.1. The minimum absolute atomic E-state index is 0.0567. The van der Waals surface area contributed by atoms with Crippen LogP contribution in [0.2, 0.25) is 0 Å². The van der Waals surface area contributed by atoms with Gasteiger partial charge in [-0.2, -0.15) is 13.2 Å². The minimum atomic E-state index is -4.53. The molecule has 2 N–H and O–H groups in total. The predicted molar refractivity (Wildman–Crippen MR) is 115 cm³/mol. The van der Waals surface area contributed by atoms with Gasteiger partial charge in [0.1, 0.15) is 0 Å². The summed E-state index contributed by atoms with van der Waals surface area (Å²) in [4.78, 5) is 35.8. The molecule has 1 aromatic carbocycles. The van der Waals surface area contributed by atoms with Gasteiger partial charge in [-0.15, -0.1) is 0 Å². The second kappa shape index (κ2) is 9.60. The second-order valence-corrected chi connectivity index (χ2v) is 7.73. The van der Waals surface area contributed by atoms with E-state index in [2.05, 4.69) is 15.3 Å². The predicted octanol–water partition coefficient (Wildman–Crippen LogP) is 2.57. The van der Waals surface area contributed by atoms with Gasteiger partial charge in [-0.1, -0.05) is 0 Å². The van der Waals surface area contributed by atoms with Crippen molar-refractivity contribution in [3.8, 4) is 0 Å². The van der Waals surface area contributed by atoms with Gasteiger partial charge in [0.05, 0.1) is 30.2 Å². The smallest absolute Gasteiger partial charge is 0.378 e. The fourth-order valence-electron chi connectivity index (χ4n) is 3.47. The van der Waals surface area contributed by atoms with Crippen LogP contribution in [0.5, 0.6) is 0 Å². The molecule has 1 saturated heterocycles. The minimum Gasteiger partial charge on any atom is -0.378 e. The first-order chi connectivity index (χ1) is 15.1. The highest BCUT2D eigenvalue weighted by Crippen LogP contribution is 2.35. The quantitative estimate of drug-likeness (QED) is 0.699. The number of carbonyl (C=O) groups excluding carboxylic acids is 1. The molecule has 1 fully saturated rings. The average molecular weight is 453 g/mol. The van der Waals surface area contributed by atoms with Gasteiger partial charge in [-0.25, -0.2) is 4.98 Å². The summed E-state index contributed by atoms with van der Waals surface area (Å²) in [5, 5.41) is 2.54. The van der Waals surface area contributed by atoms with E-state index in [0.29, 0.717) is 49.2 Å². The van der Waals surface area contributed by atoms with Crippen LogP contribution in [0.1, 0.15) is 23.2 Å². The molecule has 32 heavy (non-hydrogen) atoms. The third-order valence-corrected chi connectivity index (χ3v) is 5.20. The van der Waals surface area contributed by atoms with Gasteiger partial charge >= 0.3 is 6.18 Å². The third-order valence-electron chi connectivity index (χ3n) is 5.20. The molecule has 1 aliphatic rings. The van der Waals surface area contributed by atoms with Crippen molar-refractivity contribution in [1.29, 1.82) is 0 Å². The molecule has 8 nitrogen and oxygen atoms in total. The van der Waals surface area contributed by atoms with Crippen molar-refractivity contribution in [1.82, 2.24) is 9.97 Å². The number of nitrogens with zero attached hydrogens (tertiary/aromatic N) is 3. The standard InChI is InChI=1S/C21H26F3N5O3/c1-13-15(19(31)27-20(25-13)29-8-10-32-11-9-29)5-7-18(30)26-16-12-14(21(22,23)24)4-6-17(16)28(2)3/h4,6,12H,5,7-11H2,1-3H3,(H,26,30)(H,25,27,31). The van der Waals surface area contributed by atoms with Crippen LogP contribution in [0.4, 0.5) is 30.5 Å². The maximum Gasteiger partial charge on any atom is 0.416 e. The van der Waals surface area contributed by atoms with Crippen LogP contribution in [0.25, 0.3) is 0 Å². The summed E-state index contributed by atoms with van der Waals surface area (Å²) in [5.74, 6) is -0.0351. The number of nitrogens with one attached hydrogen (secondary N) is 2. The molecule has 0 bridgehead atoms. The van der Waals surface area contributed by atoms with E-state index >= 15 is 0 Å². The van der Waals surface area contributed by atoms with E-state index in [1.165, 1.54) is 6.07 Å². The maximum atomic E-state index is 13.1. The average Bonchev–Trinajstić information content (AvgIpc) is 2.72. The zero-order chi connectivity index (χ0) is 23.5. The van der Waals surface area contributed by atoms with Gasteiger partial charge in [0.15, 0.2) is 0 Å². The number of ether oxygens (including phenoxy) is 1. The van der Waals surface area contributed by atoms with Crippen LogP contribution in [-0.4, -0.2) is 56.3 Å². The summed E-state index contributed by atoms with van der Waals surface area (Å²) < 4.78 is 44.5. The van der Waals surface area contributed by atoms with Crippen molar-refractivity contribution < 1.29 is 22.7 Å². The number of H-pyrrole nitrogens is 1. The molecule has 174 valence electrons. The molecule has 0 radical (unpaired) electrons. The van der Waals surface area contributed by atoms with E-state index < -0.39 is 17.6 Å². The van der Waals surface area contributed by atoms with E-state index in [-0.39, 0.29) is 24.1 Å². The molecule has 0 unspecified atom stereocenters. The molecule has 2 aromatic rings. The monoisotopic (exact) mass is 453 g/mol. The zero-order valence-corrected chi connectivity index (χ0v) is 18.2. The molecule has 0 aliphatic carbocycles. The summed E-state index contributed by atoms with van der Waals surface area (Å²) in [6.45, 7) is 4.04. The number of hydrogen-bond donors (Lipinski definition) is 2. The van der Waals surface area contributed by atoms with Crippen LogP contribution in [0, 0.1) is 6.92 Å². The van der Waals surface area contributed by atoms with Crippen LogP contribution < -0.4 is 20.7 Å². The summed E-state index contributed by atoms with van der Waals surface area (Å²) >= 11 is 0. The number of carbonyl (C=O) groups is 1. The summed E-state index contributed by atoms with van der Waals surface area (Å²) in [6.07, 6.45) is -4.49. The Balaban J connectivity index is 1.72. The molecular formula is C21H26F3N5O3. The van der Waals surface area contributed by atoms with Gasteiger partial charge in [0.25, 0.3) is 5.56 Å². The molecule has 1 aliphatic heterocycles. The van der Waals surface area contributed by atoms with Gasteiger partial charge in [0, 0.05) is 44.9 Å². The fourth-order valence-corrected chi connectivity index (χ4v) is 3.47. The lowest BCUT2D eigenvalue weighted by Crippen LogP contribution is -2.38. The van der Waals surface area contributed by atoms with Crippen LogP contribution in [0.3, 0.4) is 0 Å². The zero-order valence-electron chi connectivity index (χ0n) is 18.2. The second-order valence-electron chi connectivity index (χ2n) is 7.73. The number of rotatable bonds is 6. The van der Waals surface area contributed by atoms with E-state index in [1.807, 2.05) is 4.90 Å². The molecule has 1 aromatic heterocycles. The molecule has 1 amide bonds. The van der Waals surface area contributed by atoms with E-state index in [4.69, 9.17) is 4.74 Å². The first-order valence-electron chi connectivity index (χ1n) is 10.2. The number of alkyl halides is 3. The van der Waals surface area contributed by atoms with Crippen LogP contribution in [0.15, 0.2) is 23.0 Å². The van der Waals surface area contributed by atoms with Gasteiger partial charge in [-0.3, -0.25) is 14.6 Å². The number of amides is 1. The van der Waals surface area contributed by atoms with Crippen molar-refractivity contribution in [3.63, 3.8) is 0 Å². The van der Waals surface area contributed by atoms with Gasteiger partial charge in [0.2, 0.25) is 11.9 Å².